The lowest BCUT2D eigenvalue weighted by Crippen LogP contribution is -2.50. The molecule has 5 nitrogen and oxygen atoms in total. The van der Waals surface area contributed by atoms with Gasteiger partial charge in [0.05, 0.1) is 18.8 Å². The van der Waals surface area contributed by atoms with Crippen LogP contribution >= 0.6 is 0 Å². The number of aliphatic hydroxyl groups is 3. The van der Waals surface area contributed by atoms with Crippen molar-refractivity contribution in [3.05, 3.63) is 0 Å². The minimum absolute atomic E-state index is 0.135. The van der Waals surface area contributed by atoms with Crippen molar-refractivity contribution in [1.82, 2.24) is 5.32 Å². The van der Waals surface area contributed by atoms with Gasteiger partial charge in [-0.15, -0.1) is 0 Å². The van der Waals surface area contributed by atoms with Crippen LogP contribution in [0.5, 0.6) is 0 Å². The van der Waals surface area contributed by atoms with Gasteiger partial charge in [0.2, 0.25) is 5.91 Å². The third kappa shape index (κ3) is 53.2. The van der Waals surface area contributed by atoms with E-state index in [9.17, 15) is 20.1 Å². The lowest BCUT2D eigenvalue weighted by atomic mass is 9.99. The molecule has 408 valence electrons. The number of carbonyl (C=O) groups is 1. The van der Waals surface area contributed by atoms with Gasteiger partial charge in [0.1, 0.15) is 6.10 Å². The molecule has 68 heavy (non-hydrogen) atoms. The molecular formula is C63H127NO4. The summed E-state index contributed by atoms with van der Waals surface area (Å²) in [5, 5.41) is 33.8. The van der Waals surface area contributed by atoms with E-state index in [0.29, 0.717) is 12.8 Å². The fourth-order valence-corrected chi connectivity index (χ4v) is 10.6. The Morgan fingerprint density at radius 3 is 0.706 bits per heavy atom. The highest BCUT2D eigenvalue weighted by molar-refractivity contribution is 5.76. The maximum atomic E-state index is 12.5. The number of unbranched alkanes of at least 4 members (excludes halogenated alkanes) is 52. The maximum absolute atomic E-state index is 12.5. The molecule has 0 aromatic rings. The minimum atomic E-state index is -1.13. The van der Waals surface area contributed by atoms with Gasteiger partial charge >= 0.3 is 0 Å². The van der Waals surface area contributed by atoms with Crippen LogP contribution in [0.1, 0.15) is 373 Å². The first kappa shape index (κ1) is 67.3. The number of amides is 1. The quantitative estimate of drug-likeness (QED) is 0.0457. The van der Waals surface area contributed by atoms with E-state index >= 15 is 0 Å². The minimum Gasteiger partial charge on any atom is -0.394 e. The van der Waals surface area contributed by atoms with Crippen molar-refractivity contribution in [3.63, 3.8) is 0 Å². The van der Waals surface area contributed by atoms with E-state index < -0.39 is 18.2 Å². The van der Waals surface area contributed by atoms with E-state index in [1.54, 1.807) is 0 Å². The Labute approximate surface area is 427 Å². The SMILES string of the molecule is CCCCCCCCCCCCCCCCCCCCCCCCCCCCCCCCCCCCCCCC(=O)NC(CO)C(O)C(O)CCCCCCCCCCCCCCCCCCC. The smallest absolute Gasteiger partial charge is 0.220 e. The lowest BCUT2D eigenvalue weighted by molar-refractivity contribution is -0.124. The summed E-state index contributed by atoms with van der Waals surface area (Å²) in [5.74, 6) is -0.135. The number of carbonyl (C=O) groups excluding carboxylic acids is 1. The van der Waals surface area contributed by atoms with Gasteiger partial charge in [0.25, 0.3) is 0 Å². The highest BCUT2D eigenvalue weighted by atomic mass is 16.3. The summed E-state index contributed by atoms with van der Waals surface area (Å²) in [6, 6.07) is -0.805. The Kier molecular flexibility index (Phi) is 58.4. The summed E-state index contributed by atoms with van der Waals surface area (Å²) in [6.45, 7) is 4.23. The van der Waals surface area contributed by atoms with Crippen LogP contribution in [0, 0.1) is 0 Å². The maximum Gasteiger partial charge on any atom is 0.220 e. The number of rotatable bonds is 60. The fraction of sp³-hybridized carbons (Fsp3) is 0.984. The highest BCUT2D eigenvalue weighted by Gasteiger charge is 2.26. The fourth-order valence-electron chi connectivity index (χ4n) is 10.6. The van der Waals surface area contributed by atoms with Gasteiger partial charge in [-0.3, -0.25) is 4.79 Å². The Morgan fingerprint density at radius 1 is 0.309 bits per heavy atom. The van der Waals surface area contributed by atoms with Crippen LogP contribution in [-0.4, -0.2) is 46.1 Å². The summed E-state index contributed by atoms with van der Waals surface area (Å²) in [6.07, 6.45) is 73.0. The van der Waals surface area contributed by atoms with Crippen molar-refractivity contribution in [1.29, 1.82) is 0 Å². The largest absolute Gasteiger partial charge is 0.394 e. The van der Waals surface area contributed by atoms with E-state index in [4.69, 9.17) is 0 Å². The Morgan fingerprint density at radius 2 is 0.500 bits per heavy atom. The molecule has 0 saturated carbocycles. The predicted molar refractivity (Wildman–Crippen MR) is 301 cm³/mol. The van der Waals surface area contributed by atoms with Crippen LogP contribution in [0.3, 0.4) is 0 Å². The molecule has 0 radical (unpaired) electrons. The van der Waals surface area contributed by atoms with E-state index in [1.807, 2.05) is 0 Å². The second-order valence-corrected chi connectivity index (χ2v) is 22.3. The number of hydrogen-bond acceptors (Lipinski definition) is 4. The second-order valence-electron chi connectivity index (χ2n) is 22.3. The zero-order valence-electron chi connectivity index (χ0n) is 46.8. The van der Waals surface area contributed by atoms with Crippen molar-refractivity contribution in [2.24, 2.45) is 0 Å². The van der Waals surface area contributed by atoms with Crippen molar-refractivity contribution in [2.75, 3.05) is 6.61 Å². The Hall–Kier alpha value is -0.650. The number of nitrogens with one attached hydrogen (secondary N) is 1. The van der Waals surface area contributed by atoms with Gasteiger partial charge in [0, 0.05) is 6.42 Å². The molecule has 0 aromatic carbocycles. The van der Waals surface area contributed by atoms with Gasteiger partial charge in [0.15, 0.2) is 0 Å². The standard InChI is InChI=1S/C63H127NO4/c1-3-5-7-9-11-13-15-17-19-21-22-23-24-25-26-27-28-29-30-31-32-33-34-35-36-37-38-39-40-42-44-46-48-50-52-54-56-58-62(67)64-60(59-65)63(68)61(66)57-55-53-51-49-47-45-43-41-20-18-16-14-12-10-8-6-4-2/h60-61,63,65-66,68H,3-59H2,1-2H3,(H,64,67). The molecule has 0 saturated heterocycles. The summed E-state index contributed by atoms with van der Waals surface area (Å²) < 4.78 is 0. The summed E-state index contributed by atoms with van der Waals surface area (Å²) >= 11 is 0. The van der Waals surface area contributed by atoms with E-state index in [-0.39, 0.29) is 12.5 Å². The first-order valence-corrected chi connectivity index (χ1v) is 31.8. The number of hydrogen-bond donors (Lipinski definition) is 4. The first-order chi connectivity index (χ1) is 33.6. The second kappa shape index (κ2) is 58.9. The van der Waals surface area contributed by atoms with Gasteiger partial charge < -0.3 is 20.6 Å². The molecule has 0 spiro atoms. The molecule has 0 heterocycles. The van der Waals surface area contributed by atoms with Crippen LogP contribution < -0.4 is 5.32 Å². The van der Waals surface area contributed by atoms with Crippen molar-refractivity contribution < 1.29 is 20.1 Å². The molecule has 0 aliphatic heterocycles. The third-order valence-electron chi connectivity index (χ3n) is 15.5. The molecule has 1 amide bonds. The molecule has 0 aromatic heterocycles. The molecule has 0 rings (SSSR count). The van der Waals surface area contributed by atoms with Crippen LogP contribution in [-0.2, 0) is 4.79 Å². The molecule has 4 N–H and O–H groups in total. The van der Waals surface area contributed by atoms with Crippen molar-refractivity contribution >= 4 is 5.91 Å². The molecule has 0 fully saturated rings. The van der Waals surface area contributed by atoms with E-state index in [0.717, 1.165) is 32.1 Å². The average Bonchev–Trinajstić information content (AvgIpc) is 3.34. The van der Waals surface area contributed by atoms with Gasteiger partial charge in [-0.2, -0.15) is 0 Å². The van der Waals surface area contributed by atoms with E-state index in [1.165, 1.54) is 315 Å². The van der Waals surface area contributed by atoms with Crippen molar-refractivity contribution in [3.8, 4) is 0 Å². The van der Waals surface area contributed by atoms with Gasteiger partial charge in [-0.25, -0.2) is 0 Å². The Bertz CT molecular complexity index is 929. The normalized spacial score (nSPS) is 13.1. The highest BCUT2D eigenvalue weighted by Crippen LogP contribution is 2.19. The number of aliphatic hydroxyl groups excluding tert-OH is 3. The van der Waals surface area contributed by atoms with Crippen molar-refractivity contribution in [2.45, 2.75) is 392 Å². The predicted octanol–water partition coefficient (Wildman–Crippen LogP) is 20.1. The van der Waals surface area contributed by atoms with Gasteiger partial charge in [-0.05, 0) is 12.8 Å². The molecule has 0 bridgehead atoms. The molecule has 3 unspecified atom stereocenters. The molecular weight excluding hydrogens is 835 g/mol. The van der Waals surface area contributed by atoms with Crippen LogP contribution in [0.25, 0.3) is 0 Å². The summed E-state index contributed by atoms with van der Waals surface area (Å²) in [4.78, 5) is 12.5. The van der Waals surface area contributed by atoms with Crippen LogP contribution in [0.2, 0.25) is 0 Å². The van der Waals surface area contributed by atoms with Crippen LogP contribution in [0.4, 0.5) is 0 Å². The van der Waals surface area contributed by atoms with Gasteiger partial charge in [-0.1, -0.05) is 354 Å². The monoisotopic (exact) mass is 962 g/mol. The summed E-state index contributed by atoms with van der Waals surface area (Å²) in [7, 11) is 0. The lowest BCUT2D eigenvalue weighted by Gasteiger charge is -2.26. The molecule has 5 heteroatoms. The third-order valence-corrected chi connectivity index (χ3v) is 15.5. The molecule has 3 atom stereocenters. The first-order valence-electron chi connectivity index (χ1n) is 31.8. The zero-order chi connectivity index (χ0) is 49.3. The topological polar surface area (TPSA) is 89.8 Å². The Balaban J connectivity index is 3.40. The van der Waals surface area contributed by atoms with Crippen LogP contribution in [0.15, 0.2) is 0 Å². The molecule has 0 aliphatic rings. The zero-order valence-corrected chi connectivity index (χ0v) is 46.8. The molecule has 0 aliphatic carbocycles. The van der Waals surface area contributed by atoms with E-state index in [2.05, 4.69) is 19.2 Å². The summed E-state index contributed by atoms with van der Waals surface area (Å²) in [5.41, 5.74) is 0. The average molecular weight is 963 g/mol.